The van der Waals surface area contributed by atoms with E-state index in [0.29, 0.717) is 12.1 Å². The molecule has 0 aliphatic carbocycles. The second-order valence-electron chi connectivity index (χ2n) is 5.48. The molecule has 22 heavy (non-hydrogen) atoms. The van der Waals surface area contributed by atoms with Gasteiger partial charge in [0.25, 0.3) is 5.91 Å². The Morgan fingerprint density at radius 3 is 2.86 bits per heavy atom. The molecule has 0 radical (unpaired) electrons. The van der Waals surface area contributed by atoms with Crippen LogP contribution in [-0.4, -0.2) is 28.0 Å². The zero-order valence-electron chi connectivity index (χ0n) is 13.4. The van der Waals surface area contributed by atoms with Crippen molar-refractivity contribution in [2.24, 2.45) is 5.73 Å². The molecule has 2 rings (SSSR count). The monoisotopic (exact) mass is 320 g/mol. The average Bonchev–Trinajstić information content (AvgIpc) is 3.11. The number of amides is 1. The summed E-state index contributed by atoms with van der Waals surface area (Å²) in [6.45, 7) is 6.55. The van der Waals surface area contributed by atoms with Gasteiger partial charge in [-0.3, -0.25) is 9.36 Å². The summed E-state index contributed by atoms with van der Waals surface area (Å²) in [4.78, 5) is 16.9. The molecule has 0 aromatic carbocycles. The molecule has 2 heterocycles. The number of thiazole rings is 1. The van der Waals surface area contributed by atoms with Gasteiger partial charge in [-0.15, -0.1) is 11.3 Å². The Hall–Kier alpha value is -1.66. The number of carbonyl (C=O) groups excluding carboxylic acids is 1. The van der Waals surface area contributed by atoms with E-state index in [2.05, 4.69) is 17.2 Å². The first-order valence-corrected chi connectivity index (χ1v) is 8.56. The van der Waals surface area contributed by atoms with Gasteiger partial charge in [-0.2, -0.15) is 0 Å². The quantitative estimate of drug-likeness (QED) is 0.824. The van der Waals surface area contributed by atoms with E-state index in [9.17, 15) is 4.79 Å². The van der Waals surface area contributed by atoms with Crippen LogP contribution in [0.15, 0.2) is 17.6 Å². The van der Waals surface area contributed by atoms with Crippen molar-refractivity contribution in [1.82, 2.24) is 14.9 Å². The minimum atomic E-state index is -0.0533. The highest BCUT2D eigenvalue weighted by atomic mass is 32.1. The maximum absolute atomic E-state index is 12.5. The number of carbonyl (C=O) groups is 1. The van der Waals surface area contributed by atoms with Crippen molar-refractivity contribution in [3.05, 3.63) is 34.6 Å². The minimum absolute atomic E-state index is 0.0374. The standard InChI is InChI=1S/C16H24N4OS/c1-4-5-6-13(10-17)19-15(21)14-9-11(2)20(12(14)3)16-18-7-8-22-16/h7-9,13H,4-6,10,17H2,1-3H3,(H,19,21). The SMILES string of the molecule is CCCCC(CN)NC(=O)c1cc(C)n(-c2nccs2)c1C. The third-order valence-corrected chi connectivity index (χ3v) is 4.57. The molecule has 0 fully saturated rings. The fourth-order valence-electron chi connectivity index (χ4n) is 2.58. The summed E-state index contributed by atoms with van der Waals surface area (Å²) in [7, 11) is 0. The van der Waals surface area contributed by atoms with Crippen molar-refractivity contribution in [2.45, 2.75) is 46.1 Å². The second-order valence-corrected chi connectivity index (χ2v) is 6.36. The summed E-state index contributed by atoms with van der Waals surface area (Å²) in [6, 6.07) is 1.95. The molecule has 1 atom stereocenters. The smallest absolute Gasteiger partial charge is 0.253 e. The van der Waals surface area contributed by atoms with Gasteiger partial charge in [-0.25, -0.2) is 4.98 Å². The number of aromatic nitrogens is 2. The fourth-order valence-corrected chi connectivity index (χ4v) is 3.33. The van der Waals surface area contributed by atoms with Crippen LogP contribution in [0.1, 0.15) is 47.9 Å². The molecule has 2 aromatic heterocycles. The van der Waals surface area contributed by atoms with E-state index < -0.39 is 0 Å². The van der Waals surface area contributed by atoms with Crippen LogP contribution in [0.3, 0.4) is 0 Å². The maximum Gasteiger partial charge on any atom is 0.253 e. The Morgan fingerprint density at radius 2 is 2.27 bits per heavy atom. The van der Waals surface area contributed by atoms with Crippen LogP contribution >= 0.6 is 11.3 Å². The van der Waals surface area contributed by atoms with E-state index in [0.717, 1.165) is 35.8 Å². The van der Waals surface area contributed by atoms with E-state index in [1.165, 1.54) is 0 Å². The number of nitrogens with two attached hydrogens (primary N) is 1. The zero-order valence-corrected chi connectivity index (χ0v) is 14.2. The lowest BCUT2D eigenvalue weighted by molar-refractivity contribution is 0.0935. The molecule has 1 amide bonds. The number of nitrogens with zero attached hydrogens (tertiary/aromatic N) is 2. The van der Waals surface area contributed by atoms with Gasteiger partial charge in [0.2, 0.25) is 0 Å². The molecule has 6 heteroatoms. The largest absolute Gasteiger partial charge is 0.348 e. The Balaban J connectivity index is 2.19. The zero-order chi connectivity index (χ0) is 16.1. The van der Waals surface area contributed by atoms with Crippen molar-refractivity contribution >= 4 is 17.2 Å². The van der Waals surface area contributed by atoms with Crippen molar-refractivity contribution in [3.8, 4) is 5.13 Å². The molecule has 2 aromatic rings. The summed E-state index contributed by atoms with van der Waals surface area (Å²) in [5, 5.41) is 5.87. The first-order chi connectivity index (χ1) is 10.6. The number of unbranched alkanes of at least 4 members (excludes halogenated alkanes) is 1. The minimum Gasteiger partial charge on any atom is -0.348 e. The molecule has 5 nitrogen and oxygen atoms in total. The van der Waals surface area contributed by atoms with Crippen molar-refractivity contribution in [1.29, 1.82) is 0 Å². The fraction of sp³-hybridized carbons (Fsp3) is 0.500. The van der Waals surface area contributed by atoms with E-state index in [-0.39, 0.29) is 11.9 Å². The lowest BCUT2D eigenvalue weighted by Gasteiger charge is -2.16. The van der Waals surface area contributed by atoms with E-state index in [4.69, 9.17) is 5.73 Å². The second kappa shape index (κ2) is 7.56. The molecule has 0 saturated heterocycles. The molecular formula is C16H24N4OS. The van der Waals surface area contributed by atoms with Crippen molar-refractivity contribution in [3.63, 3.8) is 0 Å². The molecule has 0 saturated carbocycles. The maximum atomic E-state index is 12.5. The predicted molar refractivity (Wildman–Crippen MR) is 90.7 cm³/mol. The van der Waals surface area contributed by atoms with Crippen molar-refractivity contribution < 1.29 is 4.79 Å². The first kappa shape index (κ1) is 16.7. The van der Waals surface area contributed by atoms with Crippen LogP contribution < -0.4 is 11.1 Å². The Bertz CT molecular complexity index is 618. The number of hydrogen-bond donors (Lipinski definition) is 2. The van der Waals surface area contributed by atoms with Gasteiger partial charge < -0.3 is 11.1 Å². The van der Waals surface area contributed by atoms with Gasteiger partial charge in [-0.05, 0) is 26.3 Å². The number of rotatable bonds is 7. The number of hydrogen-bond acceptors (Lipinski definition) is 4. The van der Waals surface area contributed by atoms with Crippen LogP contribution in [-0.2, 0) is 0 Å². The van der Waals surface area contributed by atoms with Crippen LogP contribution in [0.2, 0.25) is 0 Å². The molecular weight excluding hydrogens is 296 g/mol. The Kier molecular flexibility index (Phi) is 5.74. The van der Waals surface area contributed by atoms with Crippen LogP contribution in [0.5, 0.6) is 0 Å². The van der Waals surface area contributed by atoms with Gasteiger partial charge in [0, 0.05) is 35.6 Å². The van der Waals surface area contributed by atoms with Gasteiger partial charge in [0.1, 0.15) is 0 Å². The van der Waals surface area contributed by atoms with E-state index >= 15 is 0 Å². The highest BCUT2D eigenvalue weighted by Crippen LogP contribution is 2.22. The highest BCUT2D eigenvalue weighted by Gasteiger charge is 2.19. The normalized spacial score (nSPS) is 12.4. The number of nitrogens with one attached hydrogen (secondary N) is 1. The lowest BCUT2D eigenvalue weighted by atomic mass is 10.1. The third-order valence-electron chi connectivity index (χ3n) is 3.81. The van der Waals surface area contributed by atoms with Gasteiger partial charge in [0.05, 0.1) is 5.56 Å². The van der Waals surface area contributed by atoms with Crippen molar-refractivity contribution in [2.75, 3.05) is 6.54 Å². The van der Waals surface area contributed by atoms with Gasteiger partial charge >= 0.3 is 0 Å². The Labute approximate surface area is 135 Å². The summed E-state index contributed by atoms with van der Waals surface area (Å²) in [6.07, 6.45) is 4.86. The highest BCUT2D eigenvalue weighted by molar-refractivity contribution is 7.12. The summed E-state index contributed by atoms with van der Waals surface area (Å²) < 4.78 is 2.02. The predicted octanol–water partition coefficient (Wildman–Crippen LogP) is 2.80. The molecule has 0 spiro atoms. The van der Waals surface area contributed by atoms with Crippen LogP contribution in [0.4, 0.5) is 0 Å². The molecule has 120 valence electrons. The Morgan fingerprint density at radius 1 is 1.50 bits per heavy atom. The average molecular weight is 320 g/mol. The summed E-state index contributed by atoms with van der Waals surface area (Å²) in [5.74, 6) is -0.0533. The molecule has 0 aliphatic rings. The molecule has 3 N–H and O–H groups in total. The van der Waals surface area contributed by atoms with Gasteiger partial charge in [-0.1, -0.05) is 19.8 Å². The molecule has 1 unspecified atom stereocenters. The third kappa shape index (κ3) is 3.56. The summed E-state index contributed by atoms with van der Waals surface area (Å²) >= 11 is 1.56. The molecule has 0 bridgehead atoms. The molecule has 0 aliphatic heterocycles. The van der Waals surface area contributed by atoms with Gasteiger partial charge in [0.15, 0.2) is 5.13 Å². The topological polar surface area (TPSA) is 72.9 Å². The number of aryl methyl sites for hydroxylation is 1. The lowest BCUT2D eigenvalue weighted by Crippen LogP contribution is -2.40. The van der Waals surface area contributed by atoms with Crippen LogP contribution in [0, 0.1) is 13.8 Å². The first-order valence-electron chi connectivity index (χ1n) is 7.68. The van der Waals surface area contributed by atoms with E-state index in [1.54, 1.807) is 17.5 Å². The van der Waals surface area contributed by atoms with E-state index in [1.807, 2.05) is 29.9 Å². The van der Waals surface area contributed by atoms with Crippen LogP contribution in [0.25, 0.3) is 5.13 Å². The summed E-state index contributed by atoms with van der Waals surface area (Å²) in [5.41, 5.74) is 8.38.